The van der Waals surface area contributed by atoms with Gasteiger partial charge in [-0.2, -0.15) is 0 Å². The van der Waals surface area contributed by atoms with Crippen LogP contribution >= 0.6 is 11.6 Å². The molecule has 4 nitrogen and oxygen atoms in total. The summed E-state index contributed by atoms with van der Waals surface area (Å²) in [6.07, 6.45) is 3.63. The fraction of sp³-hybridized carbons (Fsp3) is 0.400. The van der Waals surface area contributed by atoms with E-state index in [0.29, 0.717) is 6.42 Å². The summed E-state index contributed by atoms with van der Waals surface area (Å²) in [5.41, 5.74) is 2.73. The molecule has 2 rings (SSSR count). The zero-order chi connectivity index (χ0) is 14.7. The maximum Gasteiger partial charge on any atom is 0.240 e. The number of hydrogen-bond donors (Lipinski definition) is 0. The van der Waals surface area contributed by atoms with E-state index < -0.39 is 5.38 Å². The van der Waals surface area contributed by atoms with E-state index in [-0.39, 0.29) is 45.4 Å². The van der Waals surface area contributed by atoms with E-state index in [1.807, 2.05) is 25.1 Å². The molecule has 1 aliphatic heterocycles. The van der Waals surface area contributed by atoms with Crippen molar-refractivity contribution in [2.75, 3.05) is 21.0 Å². The molecule has 1 aromatic rings. The summed E-state index contributed by atoms with van der Waals surface area (Å²) in [6, 6.07) is 5.68. The van der Waals surface area contributed by atoms with Gasteiger partial charge in [0, 0.05) is 46.9 Å². The first-order chi connectivity index (χ1) is 9.54. The molecule has 0 aromatic heterocycles. The average Bonchev–Trinajstić information content (AvgIpc) is 2.44. The number of allylic oxidation sites excluding steroid dienone is 1. The fourth-order valence-corrected chi connectivity index (χ4v) is 2.33. The van der Waals surface area contributed by atoms with Gasteiger partial charge in [-0.1, -0.05) is 13.3 Å². The standard InChI is InChI=1S/C15H17ClNO3.Y/c1-10-8-11(20-9-19-3)4-5-12(10)14-7-6-13(16)15(18)17(14)2;/h4-5,8,13H,6,9H2,1-3H3;/q-1;. The quantitative estimate of drug-likeness (QED) is 0.456. The van der Waals surface area contributed by atoms with Crippen molar-refractivity contribution in [1.82, 2.24) is 4.90 Å². The van der Waals surface area contributed by atoms with Crippen LogP contribution in [0.3, 0.4) is 0 Å². The van der Waals surface area contributed by atoms with Crippen LogP contribution in [0.25, 0.3) is 5.70 Å². The molecular weight excluding hydrogens is 367 g/mol. The van der Waals surface area contributed by atoms with E-state index in [9.17, 15) is 4.79 Å². The number of nitrogens with zero attached hydrogens (tertiary/aromatic N) is 1. The molecule has 1 unspecified atom stereocenters. The van der Waals surface area contributed by atoms with Gasteiger partial charge in [-0.15, -0.1) is 34.5 Å². The van der Waals surface area contributed by atoms with Crippen LogP contribution < -0.4 is 4.74 Å². The SMILES string of the molecule is COCOc1ccc(C2=[C-]CC(Cl)C(=O)N2C)c(C)c1.[Y]. The maximum atomic E-state index is 11.9. The summed E-state index contributed by atoms with van der Waals surface area (Å²) in [4.78, 5) is 13.5. The molecule has 0 saturated carbocycles. The molecule has 1 aliphatic rings. The summed E-state index contributed by atoms with van der Waals surface area (Å²) < 4.78 is 10.3. The molecule has 0 fully saturated rings. The zero-order valence-corrected chi connectivity index (χ0v) is 15.9. The Morgan fingerprint density at radius 3 is 2.81 bits per heavy atom. The van der Waals surface area contributed by atoms with Gasteiger partial charge in [-0.05, 0) is 12.1 Å². The molecule has 0 spiro atoms. The van der Waals surface area contributed by atoms with Crippen LogP contribution in [0, 0.1) is 13.0 Å². The first kappa shape index (κ1) is 18.6. The van der Waals surface area contributed by atoms with E-state index in [4.69, 9.17) is 21.1 Å². The number of methoxy groups -OCH3 is 1. The Morgan fingerprint density at radius 1 is 1.48 bits per heavy atom. The topological polar surface area (TPSA) is 38.8 Å². The van der Waals surface area contributed by atoms with Crippen molar-refractivity contribution in [3.63, 3.8) is 0 Å². The minimum Gasteiger partial charge on any atom is -0.468 e. The van der Waals surface area contributed by atoms with Crippen molar-refractivity contribution in [3.05, 3.63) is 35.4 Å². The van der Waals surface area contributed by atoms with E-state index in [2.05, 4.69) is 6.08 Å². The number of rotatable bonds is 4. The second-order valence-electron chi connectivity index (χ2n) is 4.62. The van der Waals surface area contributed by atoms with Crippen molar-refractivity contribution in [2.24, 2.45) is 0 Å². The molecule has 0 aliphatic carbocycles. The van der Waals surface area contributed by atoms with E-state index in [1.54, 1.807) is 19.1 Å². The van der Waals surface area contributed by atoms with E-state index in [0.717, 1.165) is 22.6 Å². The first-order valence-electron chi connectivity index (χ1n) is 6.30. The predicted molar refractivity (Wildman–Crippen MR) is 77.4 cm³/mol. The smallest absolute Gasteiger partial charge is 0.240 e. The summed E-state index contributed by atoms with van der Waals surface area (Å²) in [6.45, 7) is 2.18. The molecule has 1 aromatic carbocycles. The summed E-state index contributed by atoms with van der Waals surface area (Å²) in [5, 5.41) is -0.520. The number of hydrogen-bond acceptors (Lipinski definition) is 3. The molecule has 21 heavy (non-hydrogen) atoms. The zero-order valence-electron chi connectivity index (χ0n) is 12.4. The van der Waals surface area contributed by atoms with E-state index >= 15 is 0 Å². The first-order valence-corrected chi connectivity index (χ1v) is 6.73. The van der Waals surface area contributed by atoms with Gasteiger partial charge < -0.3 is 14.4 Å². The average molecular weight is 384 g/mol. The van der Waals surface area contributed by atoms with Crippen LogP contribution in [-0.2, 0) is 42.2 Å². The number of aryl methyl sites for hydroxylation is 1. The normalized spacial score (nSPS) is 18.1. The van der Waals surface area contributed by atoms with Crippen LogP contribution in [0.15, 0.2) is 18.2 Å². The molecule has 6 heteroatoms. The second-order valence-corrected chi connectivity index (χ2v) is 5.15. The Bertz CT molecular complexity index is 548. The van der Waals surface area contributed by atoms with Gasteiger partial charge >= 0.3 is 0 Å². The molecule has 0 saturated heterocycles. The minimum absolute atomic E-state index is 0. The van der Waals surface area contributed by atoms with Gasteiger partial charge in [0.05, 0.1) is 0 Å². The number of carbonyl (C=O) groups excluding carboxylic acids is 1. The number of amides is 1. The molecule has 1 atom stereocenters. The van der Waals surface area contributed by atoms with Gasteiger partial charge in [-0.3, -0.25) is 4.79 Å². The third-order valence-electron chi connectivity index (χ3n) is 3.18. The molecular formula is C15H17ClNO3Y-. The van der Waals surface area contributed by atoms with E-state index in [1.165, 1.54) is 0 Å². The van der Waals surface area contributed by atoms with Crippen molar-refractivity contribution in [2.45, 2.75) is 18.7 Å². The Labute approximate surface area is 155 Å². The van der Waals surface area contributed by atoms with Crippen LogP contribution in [0.1, 0.15) is 17.5 Å². The van der Waals surface area contributed by atoms with Crippen LogP contribution in [0.4, 0.5) is 0 Å². The minimum atomic E-state index is -0.520. The maximum absolute atomic E-state index is 11.9. The molecule has 1 heterocycles. The van der Waals surface area contributed by atoms with Crippen molar-refractivity contribution in [1.29, 1.82) is 0 Å². The molecule has 1 radical (unpaired) electrons. The number of carbonyl (C=O) groups is 1. The summed E-state index contributed by atoms with van der Waals surface area (Å²) in [5.74, 6) is 0.633. The third-order valence-corrected chi connectivity index (χ3v) is 3.52. The van der Waals surface area contributed by atoms with Gasteiger partial charge in [0.25, 0.3) is 0 Å². The second kappa shape index (κ2) is 8.28. The summed E-state index contributed by atoms with van der Waals surface area (Å²) in [7, 11) is 3.29. The monoisotopic (exact) mass is 383 g/mol. The molecule has 111 valence electrons. The molecule has 1 amide bonds. The number of benzene rings is 1. The predicted octanol–water partition coefficient (Wildman–Crippen LogP) is 2.59. The van der Waals surface area contributed by atoms with Crippen LogP contribution in [-0.4, -0.2) is 37.1 Å². The Balaban J connectivity index is 0.00000220. The largest absolute Gasteiger partial charge is 0.468 e. The number of alkyl halides is 1. The van der Waals surface area contributed by atoms with Gasteiger partial charge in [0.2, 0.25) is 5.91 Å². The Hall–Kier alpha value is -0.416. The van der Waals surface area contributed by atoms with Gasteiger partial charge in [-0.25, -0.2) is 6.08 Å². The Kier molecular flexibility index (Phi) is 7.34. The van der Waals surface area contributed by atoms with Crippen molar-refractivity contribution >= 4 is 23.2 Å². The molecule has 0 bridgehead atoms. The van der Waals surface area contributed by atoms with Crippen LogP contribution in [0.2, 0.25) is 0 Å². The fourth-order valence-electron chi connectivity index (χ4n) is 2.11. The molecule has 0 N–H and O–H groups in total. The number of halogens is 1. The Morgan fingerprint density at radius 2 is 2.19 bits per heavy atom. The van der Waals surface area contributed by atoms with Crippen molar-refractivity contribution in [3.8, 4) is 5.75 Å². The van der Waals surface area contributed by atoms with Gasteiger partial charge in [0.15, 0.2) is 6.79 Å². The number of ether oxygens (including phenoxy) is 2. The summed E-state index contributed by atoms with van der Waals surface area (Å²) >= 11 is 5.94. The third kappa shape index (κ3) is 4.29. The van der Waals surface area contributed by atoms with Gasteiger partial charge in [0.1, 0.15) is 11.1 Å². The van der Waals surface area contributed by atoms with Crippen LogP contribution in [0.5, 0.6) is 5.75 Å². The van der Waals surface area contributed by atoms with Crippen molar-refractivity contribution < 1.29 is 47.0 Å².